The molecule has 0 fully saturated rings. The zero-order chi connectivity index (χ0) is 24.0. The molecule has 0 saturated carbocycles. The molecule has 0 aliphatic carbocycles. The van der Waals surface area contributed by atoms with Crippen molar-refractivity contribution in [3.05, 3.63) is 71.1 Å². The Morgan fingerprint density at radius 3 is 2.24 bits per heavy atom. The van der Waals surface area contributed by atoms with Crippen LogP contribution in [-0.4, -0.2) is 43.1 Å². The molecule has 0 aliphatic rings. The molecule has 1 aromatic heterocycles. The molecular formula is C22H22ClN3O6S. The number of carbonyl (C=O) groups excluding carboxylic acids is 1. The van der Waals surface area contributed by atoms with E-state index >= 15 is 0 Å². The Morgan fingerprint density at radius 1 is 1.09 bits per heavy atom. The second-order valence-corrected chi connectivity index (χ2v) is 9.39. The Balaban J connectivity index is 1.58. The predicted octanol–water partition coefficient (Wildman–Crippen LogP) is 3.25. The van der Waals surface area contributed by atoms with Gasteiger partial charge in [-0.1, -0.05) is 41.0 Å². The van der Waals surface area contributed by atoms with E-state index in [0.29, 0.717) is 10.8 Å². The number of carboxylic acid groups (broad SMARTS) is 1. The number of halogens is 1. The zero-order valence-electron chi connectivity index (χ0n) is 17.6. The Hall–Kier alpha value is -3.21. The van der Waals surface area contributed by atoms with Gasteiger partial charge in [-0.15, -0.1) is 0 Å². The number of carbonyl (C=O) groups is 2. The predicted molar refractivity (Wildman–Crippen MR) is 121 cm³/mol. The first-order valence-electron chi connectivity index (χ1n) is 9.98. The van der Waals surface area contributed by atoms with Gasteiger partial charge in [0.25, 0.3) is 5.91 Å². The molecule has 1 heterocycles. The lowest BCUT2D eigenvalue weighted by Crippen LogP contribution is -2.41. The highest BCUT2D eigenvalue weighted by atomic mass is 35.5. The van der Waals surface area contributed by atoms with Crippen molar-refractivity contribution in [3.63, 3.8) is 0 Å². The molecule has 3 N–H and O–H groups in total. The summed E-state index contributed by atoms with van der Waals surface area (Å²) in [7, 11) is -4.06. The Bertz CT molecular complexity index is 1220. The van der Waals surface area contributed by atoms with Gasteiger partial charge in [-0.2, -0.15) is 4.72 Å². The number of hydrogen-bond acceptors (Lipinski definition) is 6. The minimum absolute atomic E-state index is 0.0136. The highest BCUT2D eigenvalue weighted by Gasteiger charge is 2.25. The number of aromatic nitrogens is 1. The molecule has 1 amide bonds. The largest absolute Gasteiger partial charge is 0.480 e. The van der Waals surface area contributed by atoms with Crippen LogP contribution in [-0.2, 0) is 14.8 Å². The van der Waals surface area contributed by atoms with E-state index in [1.807, 2.05) is 12.1 Å². The van der Waals surface area contributed by atoms with E-state index in [-0.39, 0.29) is 29.8 Å². The summed E-state index contributed by atoms with van der Waals surface area (Å²) in [6, 6.07) is 11.8. The topological polar surface area (TPSA) is 139 Å². The van der Waals surface area contributed by atoms with Crippen LogP contribution in [0.25, 0.3) is 11.1 Å². The van der Waals surface area contributed by atoms with E-state index in [1.165, 1.54) is 18.3 Å². The minimum Gasteiger partial charge on any atom is -0.480 e. The van der Waals surface area contributed by atoms with E-state index in [0.717, 1.165) is 11.1 Å². The highest BCUT2D eigenvalue weighted by Crippen LogP contribution is 2.23. The fourth-order valence-corrected chi connectivity index (χ4v) is 4.43. The maximum atomic E-state index is 12.7. The summed E-state index contributed by atoms with van der Waals surface area (Å²) in [5.41, 5.74) is 1.94. The summed E-state index contributed by atoms with van der Waals surface area (Å²) in [5, 5.41) is 16.2. The third-order valence-electron chi connectivity index (χ3n) is 4.89. The Labute approximate surface area is 195 Å². The van der Waals surface area contributed by atoms with Crippen LogP contribution in [0.15, 0.2) is 64.1 Å². The average Bonchev–Trinajstić information content (AvgIpc) is 3.22. The molecule has 2 aromatic carbocycles. The summed E-state index contributed by atoms with van der Waals surface area (Å²) in [5.74, 6) is -1.34. The van der Waals surface area contributed by atoms with E-state index < -0.39 is 27.9 Å². The van der Waals surface area contributed by atoms with Crippen LogP contribution in [0.3, 0.4) is 0 Å². The van der Waals surface area contributed by atoms with Crippen LogP contribution >= 0.6 is 11.6 Å². The summed E-state index contributed by atoms with van der Waals surface area (Å²) in [4.78, 5) is 23.6. The third kappa shape index (κ3) is 6.41. The lowest BCUT2D eigenvalue weighted by atomic mass is 10.1. The number of aryl methyl sites for hydroxylation is 1. The van der Waals surface area contributed by atoms with Gasteiger partial charge < -0.3 is 14.9 Å². The first-order valence-corrected chi connectivity index (χ1v) is 11.8. The summed E-state index contributed by atoms with van der Waals surface area (Å²) in [6.07, 6.45) is 1.52. The van der Waals surface area contributed by atoms with Crippen molar-refractivity contribution in [3.8, 4) is 11.1 Å². The Kier molecular flexibility index (Phi) is 7.85. The molecule has 11 heteroatoms. The summed E-state index contributed by atoms with van der Waals surface area (Å²) >= 11 is 5.89. The van der Waals surface area contributed by atoms with Gasteiger partial charge in [-0.25, -0.2) is 8.42 Å². The molecule has 0 unspecified atom stereocenters. The molecule has 0 bridgehead atoms. The van der Waals surface area contributed by atoms with Crippen molar-refractivity contribution in [2.24, 2.45) is 0 Å². The smallest absolute Gasteiger partial charge is 0.321 e. The molecule has 9 nitrogen and oxygen atoms in total. The van der Waals surface area contributed by atoms with Crippen molar-refractivity contribution in [1.29, 1.82) is 0 Å². The molecule has 3 aromatic rings. The van der Waals surface area contributed by atoms with Gasteiger partial charge in [-0.3, -0.25) is 9.59 Å². The summed E-state index contributed by atoms with van der Waals surface area (Å²) < 4.78 is 32.4. The number of nitrogens with zero attached hydrogens (tertiary/aromatic N) is 1. The second kappa shape index (κ2) is 10.6. The Morgan fingerprint density at radius 2 is 1.70 bits per heavy atom. The van der Waals surface area contributed by atoms with Gasteiger partial charge in [0.05, 0.1) is 11.1 Å². The quantitative estimate of drug-likeness (QED) is 0.370. The van der Waals surface area contributed by atoms with E-state index in [2.05, 4.69) is 15.2 Å². The van der Waals surface area contributed by atoms with Crippen LogP contribution in [0.4, 0.5) is 0 Å². The number of sulfonamides is 1. The minimum atomic E-state index is -4.06. The zero-order valence-corrected chi connectivity index (χ0v) is 19.2. The first-order chi connectivity index (χ1) is 15.7. The molecule has 0 radical (unpaired) electrons. The third-order valence-corrected chi connectivity index (χ3v) is 6.63. The maximum Gasteiger partial charge on any atom is 0.321 e. The normalized spacial score (nSPS) is 12.3. The number of benzene rings is 2. The fourth-order valence-electron chi connectivity index (χ4n) is 3.08. The van der Waals surface area contributed by atoms with E-state index in [4.69, 9.17) is 16.1 Å². The SMILES string of the molecule is Cc1oncc1C(=O)NCCC[C@@H](NS(=O)(=O)c1ccc(-c2ccc(Cl)cc2)cc1)C(=O)O. The van der Waals surface area contributed by atoms with Crippen LogP contribution in [0.5, 0.6) is 0 Å². The maximum absolute atomic E-state index is 12.7. The van der Waals surface area contributed by atoms with Crippen LogP contribution in [0.1, 0.15) is 29.0 Å². The van der Waals surface area contributed by atoms with Crippen LogP contribution in [0.2, 0.25) is 5.02 Å². The van der Waals surface area contributed by atoms with Crippen LogP contribution < -0.4 is 10.0 Å². The van der Waals surface area contributed by atoms with Crippen molar-refractivity contribution in [1.82, 2.24) is 15.2 Å². The molecule has 0 saturated heterocycles. The molecular weight excluding hydrogens is 470 g/mol. The second-order valence-electron chi connectivity index (χ2n) is 7.24. The number of amides is 1. The molecule has 3 rings (SSSR count). The van der Waals surface area contributed by atoms with Crippen molar-refractivity contribution in [2.45, 2.75) is 30.7 Å². The molecule has 1 atom stereocenters. The number of nitrogens with one attached hydrogen (secondary N) is 2. The first kappa shape index (κ1) is 24.4. The molecule has 174 valence electrons. The molecule has 0 spiro atoms. The number of carboxylic acids is 1. The van der Waals surface area contributed by atoms with E-state index in [1.54, 1.807) is 31.2 Å². The van der Waals surface area contributed by atoms with Gasteiger partial charge in [0, 0.05) is 11.6 Å². The van der Waals surface area contributed by atoms with Gasteiger partial charge in [0.1, 0.15) is 17.4 Å². The van der Waals surface area contributed by atoms with Gasteiger partial charge in [0.15, 0.2) is 0 Å². The standard InChI is InChI=1S/C22H22ClN3O6S/c1-14-19(13-25-32-14)21(27)24-12-2-3-20(22(28)29)26-33(30,31)18-10-6-16(7-11-18)15-4-8-17(23)9-5-15/h4-11,13,20,26H,2-3,12H2,1H3,(H,24,27)(H,28,29)/t20-/m1/s1. The average molecular weight is 492 g/mol. The monoisotopic (exact) mass is 491 g/mol. The van der Waals surface area contributed by atoms with E-state index in [9.17, 15) is 23.1 Å². The van der Waals surface area contributed by atoms with Crippen molar-refractivity contribution < 1.29 is 27.6 Å². The van der Waals surface area contributed by atoms with Gasteiger partial charge in [0.2, 0.25) is 10.0 Å². The van der Waals surface area contributed by atoms with Crippen molar-refractivity contribution >= 4 is 33.5 Å². The van der Waals surface area contributed by atoms with Gasteiger partial charge in [-0.05, 0) is 55.2 Å². The lowest BCUT2D eigenvalue weighted by molar-refractivity contribution is -0.139. The van der Waals surface area contributed by atoms with Crippen LogP contribution in [0, 0.1) is 6.92 Å². The fraction of sp³-hybridized carbons (Fsp3) is 0.227. The number of hydrogen-bond donors (Lipinski definition) is 3. The highest BCUT2D eigenvalue weighted by molar-refractivity contribution is 7.89. The number of rotatable bonds is 10. The van der Waals surface area contributed by atoms with Gasteiger partial charge >= 0.3 is 5.97 Å². The number of aliphatic carboxylic acids is 1. The molecule has 33 heavy (non-hydrogen) atoms. The van der Waals surface area contributed by atoms with Crippen molar-refractivity contribution in [2.75, 3.05) is 6.54 Å². The summed E-state index contributed by atoms with van der Waals surface area (Å²) in [6.45, 7) is 1.75. The molecule has 0 aliphatic heterocycles. The lowest BCUT2D eigenvalue weighted by Gasteiger charge is -2.15.